The van der Waals surface area contributed by atoms with E-state index in [1.807, 2.05) is 0 Å². The van der Waals surface area contributed by atoms with Crippen LogP contribution in [0.5, 0.6) is 0 Å². The number of aliphatic hydroxyl groups excluding tert-OH is 1. The molecule has 2 saturated heterocycles. The first-order valence-electron chi connectivity index (χ1n) is 17.1. The van der Waals surface area contributed by atoms with Crippen LogP contribution in [0.25, 0.3) is 0 Å². The molecular weight excluding hydrogens is 658 g/mol. The van der Waals surface area contributed by atoms with E-state index < -0.39 is 74.6 Å². The van der Waals surface area contributed by atoms with Gasteiger partial charge in [-0.05, 0) is 59.8 Å². The van der Waals surface area contributed by atoms with E-state index >= 15 is 0 Å². The molecule has 7 N–H and O–H groups in total. The number of ether oxygens (including phenoxy) is 1. The zero-order valence-electron chi connectivity index (χ0n) is 29.5. The highest BCUT2D eigenvalue weighted by Crippen LogP contribution is 2.35. The fourth-order valence-corrected chi connectivity index (χ4v) is 8.98. The molecule has 3 heterocycles. The van der Waals surface area contributed by atoms with Gasteiger partial charge in [0.25, 0.3) is 0 Å². The summed E-state index contributed by atoms with van der Waals surface area (Å²) in [5.41, 5.74) is 5.22. The van der Waals surface area contributed by atoms with Gasteiger partial charge >= 0.3 is 6.09 Å². The number of carbonyl (C=O) groups is 4. The van der Waals surface area contributed by atoms with Crippen molar-refractivity contribution in [1.29, 1.82) is 0 Å². The van der Waals surface area contributed by atoms with Gasteiger partial charge in [-0.1, -0.05) is 32.1 Å². The maximum atomic E-state index is 14.6. The quantitative estimate of drug-likeness (QED) is 0.176. The van der Waals surface area contributed by atoms with Gasteiger partial charge in [-0.25, -0.2) is 13.2 Å². The summed E-state index contributed by atoms with van der Waals surface area (Å²) in [4.78, 5) is 55.6. The van der Waals surface area contributed by atoms with Crippen molar-refractivity contribution in [2.24, 2.45) is 11.7 Å². The van der Waals surface area contributed by atoms with Crippen LogP contribution in [-0.4, -0.2) is 124 Å². The number of carbonyl (C=O) groups excluding carboxylic acids is 4. The molecule has 278 valence electrons. The van der Waals surface area contributed by atoms with E-state index in [4.69, 9.17) is 10.5 Å². The number of hydrogen-bond donors (Lipinski definition) is 6. The molecule has 0 aromatic heterocycles. The summed E-state index contributed by atoms with van der Waals surface area (Å²) in [7, 11) is -1.74. The molecule has 1 unspecified atom stereocenters. The maximum Gasteiger partial charge on any atom is 0.408 e. The van der Waals surface area contributed by atoms with Crippen molar-refractivity contribution in [2.45, 2.75) is 133 Å². The molecule has 0 bridgehead atoms. The van der Waals surface area contributed by atoms with Crippen molar-refractivity contribution in [1.82, 2.24) is 31.1 Å². The van der Waals surface area contributed by atoms with Gasteiger partial charge in [-0.3, -0.25) is 19.4 Å². The van der Waals surface area contributed by atoms with E-state index in [-0.39, 0.29) is 43.2 Å². The van der Waals surface area contributed by atoms with Gasteiger partial charge in [-0.15, -0.1) is 5.12 Å². The number of hydrazine groups is 2. The van der Waals surface area contributed by atoms with E-state index in [1.54, 1.807) is 58.0 Å². The SMILES string of the molecule is CN1NC=C(C(C)(C)O)N1[C@H]1C[C@@H](C(=O)NC2(C(O)C(N)=O)CCS(=O)(=O)CC2)N(C(=O)[C@@H](CC2CCCCC2)NC(=O)OC(C)(C)C)C1. The highest BCUT2D eigenvalue weighted by molar-refractivity contribution is 7.91. The van der Waals surface area contributed by atoms with E-state index in [1.165, 1.54) is 4.90 Å². The molecule has 0 radical (unpaired) electrons. The molecule has 4 amide bonds. The highest BCUT2D eigenvalue weighted by atomic mass is 32.2. The Kier molecular flexibility index (Phi) is 11.5. The van der Waals surface area contributed by atoms with Gasteiger partial charge in [0.05, 0.1) is 28.8 Å². The van der Waals surface area contributed by atoms with E-state index in [2.05, 4.69) is 16.1 Å². The fraction of sp³-hybridized carbons (Fsp3) is 0.812. The third-order valence-corrected chi connectivity index (χ3v) is 11.6. The zero-order valence-corrected chi connectivity index (χ0v) is 30.3. The lowest BCUT2D eigenvalue weighted by atomic mass is 9.84. The van der Waals surface area contributed by atoms with Crippen LogP contribution in [0.4, 0.5) is 4.79 Å². The Hall–Kier alpha value is -3.15. The Morgan fingerprint density at radius 3 is 2.27 bits per heavy atom. The van der Waals surface area contributed by atoms with Crippen LogP contribution in [0.3, 0.4) is 0 Å². The maximum absolute atomic E-state index is 14.6. The van der Waals surface area contributed by atoms with Crippen LogP contribution in [0.2, 0.25) is 0 Å². The predicted octanol–water partition coefficient (Wildman–Crippen LogP) is 0.00870. The lowest BCUT2D eigenvalue weighted by molar-refractivity contribution is -0.143. The number of alkyl carbamates (subject to hydrolysis) is 1. The molecule has 1 saturated carbocycles. The number of nitrogens with zero attached hydrogens (tertiary/aromatic N) is 3. The molecule has 4 atom stereocenters. The molecule has 4 rings (SSSR count). The topological polar surface area (TPSA) is 224 Å². The molecule has 17 heteroatoms. The second kappa shape index (κ2) is 14.6. The Bertz CT molecular complexity index is 1390. The summed E-state index contributed by atoms with van der Waals surface area (Å²) in [5, 5.41) is 30.8. The molecule has 16 nitrogen and oxygen atoms in total. The normalized spacial score (nSPS) is 25.9. The third-order valence-electron chi connectivity index (χ3n) is 9.96. The van der Waals surface area contributed by atoms with Crippen LogP contribution in [-0.2, 0) is 29.0 Å². The van der Waals surface area contributed by atoms with E-state index in [0.29, 0.717) is 12.1 Å². The van der Waals surface area contributed by atoms with E-state index in [0.717, 1.165) is 32.1 Å². The number of amides is 4. The Morgan fingerprint density at radius 2 is 1.71 bits per heavy atom. The monoisotopic (exact) mass is 713 g/mol. The molecule has 3 fully saturated rings. The average molecular weight is 714 g/mol. The van der Waals surface area contributed by atoms with Gasteiger partial charge in [0.1, 0.15) is 23.3 Å². The van der Waals surface area contributed by atoms with Crippen LogP contribution < -0.4 is 21.8 Å². The molecular formula is C32H55N7O9S. The van der Waals surface area contributed by atoms with Gasteiger partial charge in [0.15, 0.2) is 15.9 Å². The summed E-state index contributed by atoms with van der Waals surface area (Å²) in [6.45, 7) is 8.41. The lowest BCUT2D eigenvalue weighted by Gasteiger charge is -2.41. The average Bonchev–Trinajstić information content (AvgIpc) is 3.61. The summed E-state index contributed by atoms with van der Waals surface area (Å²) in [6.07, 6.45) is 3.82. The Morgan fingerprint density at radius 1 is 1.10 bits per heavy atom. The smallest absolute Gasteiger partial charge is 0.408 e. The van der Waals surface area contributed by atoms with Crippen LogP contribution in [0, 0.1) is 5.92 Å². The van der Waals surface area contributed by atoms with Crippen molar-refractivity contribution >= 4 is 33.7 Å². The second-order valence-corrected chi connectivity index (χ2v) is 17.8. The standard InChI is InChI=1S/C32H55N7O9S/c1-30(2,3)48-29(44)35-22(16-20-10-8-7-9-11-20)28(43)38-19-21(39-24(31(4,5)45)18-34-37(39)6)17-23(38)27(42)36-32(25(40)26(33)41)12-14-49(46,47)15-13-32/h18,20-23,25,34,40,45H,7-17,19H2,1-6H3,(H2,33,41)(H,35,44)(H,36,42)/t21-,22+,23-,25?/m0/s1. The molecule has 49 heavy (non-hydrogen) atoms. The van der Waals surface area contributed by atoms with Crippen molar-refractivity contribution < 1.29 is 42.5 Å². The minimum absolute atomic E-state index is 0.0211. The van der Waals surface area contributed by atoms with Crippen LogP contribution in [0.1, 0.15) is 92.4 Å². The van der Waals surface area contributed by atoms with Crippen molar-refractivity contribution in [3.63, 3.8) is 0 Å². The van der Waals surface area contributed by atoms with Crippen molar-refractivity contribution in [2.75, 3.05) is 25.1 Å². The van der Waals surface area contributed by atoms with Crippen LogP contribution in [0.15, 0.2) is 11.9 Å². The first-order chi connectivity index (χ1) is 22.6. The predicted molar refractivity (Wildman–Crippen MR) is 179 cm³/mol. The Labute approximate surface area is 289 Å². The number of nitrogens with one attached hydrogen (secondary N) is 3. The first-order valence-corrected chi connectivity index (χ1v) is 19.0. The molecule has 1 aliphatic carbocycles. The summed E-state index contributed by atoms with van der Waals surface area (Å²) >= 11 is 0. The number of hydrogen-bond acceptors (Lipinski definition) is 12. The summed E-state index contributed by atoms with van der Waals surface area (Å²) in [6, 6.07) is -2.70. The largest absolute Gasteiger partial charge is 0.444 e. The molecule has 0 aromatic carbocycles. The number of rotatable bonds is 10. The Balaban J connectivity index is 1.70. The van der Waals surface area contributed by atoms with Gasteiger partial charge in [-0.2, -0.15) is 0 Å². The number of nitrogens with two attached hydrogens (primary N) is 1. The van der Waals surface area contributed by atoms with Crippen molar-refractivity contribution in [3.05, 3.63) is 11.9 Å². The second-order valence-electron chi connectivity index (χ2n) is 15.5. The fourth-order valence-electron chi connectivity index (χ4n) is 7.42. The number of aliphatic hydroxyl groups is 2. The first kappa shape index (κ1) is 38.6. The number of sulfone groups is 1. The van der Waals surface area contributed by atoms with Crippen LogP contribution >= 0.6 is 0 Å². The van der Waals surface area contributed by atoms with E-state index in [9.17, 15) is 37.8 Å². The summed E-state index contributed by atoms with van der Waals surface area (Å²) < 4.78 is 30.1. The van der Waals surface area contributed by atoms with Gasteiger partial charge in [0, 0.05) is 26.2 Å². The van der Waals surface area contributed by atoms with Gasteiger partial charge in [0.2, 0.25) is 17.7 Å². The third kappa shape index (κ3) is 9.35. The minimum atomic E-state index is -3.47. The van der Waals surface area contributed by atoms with Crippen molar-refractivity contribution in [3.8, 4) is 0 Å². The molecule has 4 aliphatic rings. The molecule has 0 spiro atoms. The van der Waals surface area contributed by atoms with Gasteiger partial charge < -0.3 is 41.6 Å². The lowest BCUT2D eigenvalue weighted by Crippen LogP contribution is -2.66. The number of likely N-dealkylation sites (tertiary alicyclic amines) is 1. The highest BCUT2D eigenvalue weighted by Gasteiger charge is 2.52. The zero-order chi connectivity index (χ0) is 36.5. The number of primary amides is 1. The summed E-state index contributed by atoms with van der Waals surface area (Å²) in [5.74, 6) is -2.90. The molecule has 3 aliphatic heterocycles. The minimum Gasteiger partial charge on any atom is -0.444 e. The molecule has 0 aromatic rings.